The van der Waals surface area contributed by atoms with Crippen molar-refractivity contribution in [2.24, 2.45) is 0 Å². The van der Waals surface area contributed by atoms with E-state index in [0.717, 1.165) is 5.56 Å². The normalized spacial score (nSPS) is 10.6. The van der Waals surface area contributed by atoms with E-state index in [-0.39, 0.29) is 17.4 Å². The number of methoxy groups -OCH3 is 1. The molecule has 1 amide bonds. The number of benzene rings is 2. The van der Waals surface area contributed by atoms with E-state index in [1.54, 1.807) is 56.6 Å². The number of nitrogens with two attached hydrogens (primary N) is 1. The largest absolute Gasteiger partial charge is 0.496 e. The van der Waals surface area contributed by atoms with Crippen LogP contribution in [0.25, 0.3) is 11.1 Å². The molecule has 7 heteroatoms. The van der Waals surface area contributed by atoms with Gasteiger partial charge in [0.1, 0.15) is 17.4 Å². The van der Waals surface area contributed by atoms with Crippen molar-refractivity contribution in [2.75, 3.05) is 24.8 Å². The number of halogens is 1. The lowest BCUT2D eigenvalue weighted by atomic mass is 9.98. The Morgan fingerprint density at radius 3 is 2.44 bits per heavy atom. The zero-order chi connectivity index (χ0) is 23.3. The summed E-state index contributed by atoms with van der Waals surface area (Å²) in [5.41, 5.74) is 8.52. The number of hydrogen-bond acceptors (Lipinski definition) is 5. The first kappa shape index (κ1) is 22.9. The fraction of sp³-hybridized carbons (Fsp3) is 0.240. The van der Waals surface area contributed by atoms with Gasteiger partial charge in [0.2, 0.25) is 5.91 Å². The first-order valence-corrected chi connectivity index (χ1v) is 10.3. The van der Waals surface area contributed by atoms with E-state index in [2.05, 4.69) is 4.98 Å². The Labute approximate surface area is 186 Å². The summed E-state index contributed by atoms with van der Waals surface area (Å²) in [5.74, 6) is 0.126. The number of hydrogen-bond donors (Lipinski definition) is 1. The second-order valence-electron chi connectivity index (χ2n) is 7.40. The molecule has 3 rings (SSSR count). The molecule has 2 aromatic carbocycles. The summed E-state index contributed by atoms with van der Waals surface area (Å²) in [6.07, 6.45) is 2.78. The number of Topliss-reactive ketones (excluding diaryl/α,β-unsaturated/α-hetero) is 1. The number of nitrogens with zero attached hydrogens (tertiary/aromatic N) is 2. The van der Waals surface area contributed by atoms with Crippen LogP contribution in [0.15, 0.2) is 54.7 Å². The Balaban J connectivity index is 1.80. The molecule has 0 aliphatic heterocycles. The Morgan fingerprint density at radius 1 is 1.09 bits per heavy atom. The zero-order valence-corrected chi connectivity index (χ0v) is 18.4. The van der Waals surface area contributed by atoms with Crippen LogP contribution in [-0.2, 0) is 11.2 Å². The van der Waals surface area contributed by atoms with Gasteiger partial charge in [-0.15, -0.1) is 0 Å². The smallest absolute Gasteiger partial charge is 0.226 e. The molecule has 0 aliphatic rings. The fourth-order valence-electron chi connectivity index (χ4n) is 3.41. The number of carbonyl (C=O) groups is 2. The molecule has 0 atom stereocenters. The molecular weight excluding hydrogens is 409 g/mol. The van der Waals surface area contributed by atoms with E-state index in [9.17, 15) is 14.0 Å². The van der Waals surface area contributed by atoms with Gasteiger partial charge < -0.3 is 15.4 Å². The molecule has 0 radical (unpaired) electrons. The average molecular weight is 435 g/mol. The van der Waals surface area contributed by atoms with Gasteiger partial charge in [-0.25, -0.2) is 9.37 Å². The second kappa shape index (κ2) is 10.0. The van der Waals surface area contributed by atoms with Crippen molar-refractivity contribution in [3.63, 3.8) is 0 Å². The molecule has 0 saturated carbocycles. The van der Waals surface area contributed by atoms with Crippen molar-refractivity contribution in [1.29, 1.82) is 0 Å². The molecule has 166 valence electrons. The van der Waals surface area contributed by atoms with Gasteiger partial charge in [-0.3, -0.25) is 9.59 Å². The first-order chi connectivity index (χ1) is 15.3. The van der Waals surface area contributed by atoms with Gasteiger partial charge in [0.05, 0.1) is 18.4 Å². The van der Waals surface area contributed by atoms with Crippen LogP contribution in [0, 0.1) is 5.82 Å². The van der Waals surface area contributed by atoms with Gasteiger partial charge in [0.25, 0.3) is 0 Å². The number of nitrogen functional groups attached to an aromatic ring is 1. The third-order valence-corrected chi connectivity index (χ3v) is 5.31. The van der Waals surface area contributed by atoms with Crippen LogP contribution in [0.3, 0.4) is 0 Å². The van der Waals surface area contributed by atoms with Gasteiger partial charge >= 0.3 is 0 Å². The quantitative estimate of drug-likeness (QED) is 0.520. The molecule has 0 fully saturated rings. The lowest BCUT2D eigenvalue weighted by Gasteiger charge is -2.18. The molecule has 32 heavy (non-hydrogen) atoms. The minimum absolute atomic E-state index is 0.0635. The second-order valence-corrected chi connectivity index (χ2v) is 7.40. The standard InChI is InChI=1S/C25H26FN3O3/c1-4-25(31)29(2)21-10-8-17(13-20(21)26)18-7-9-19(23(14-18)32-3)22(30)11-5-16-6-12-24(27)28-15-16/h6-10,12-15H,4-5,11H2,1-3H3,(H2,27,28). The van der Waals surface area contributed by atoms with Gasteiger partial charge in [-0.1, -0.05) is 25.1 Å². The Morgan fingerprint density at radius 2 is 1.81 bits per heavy atom. The minimum Gasteiger partial charge on any atom is -0.496 e. The van der Waals surface area contributed by atoms with Crippen LogP contribution in [0.1, 0.15) is 35.7 Å². The molecule has 6 nitrogen and oxygen atoms in total. The lowest BCUT2D eigenvalue weighted by Crippen LogP contribution is -2.25. The van der Waals surface area contributed by atoms with Crippen LogP contribution < -0.4 is 15.4 Å². The van der Waals surface area contributed by atoms with E-state index in [1.807, 2.05) is 6.07 Å². The van der Waals surface area contributed by atoms with Gasteiger partial charge in [-0.2, -0.15) is 0 Å². The summed E-state index contributed by atoms with van der Waals surface area (Å²) < 4.78 is 20.1. The molecule has 2 N–H and O–H groups in total. The molecular formula is C25H26FN3O3. The van der Waals surface area contributed by atoms with E-state index in [0.29, 0.717) is 47.5 Å². The predicted octanol–water partition coefficient (Wildman–Crippen LogP) is 4.67. The third-order valence-electron chi connectivity index (χ3n) is 5.31. The maximum absolute atomic E-state index is 14.7. The number of pyridine rings is 1. The number of ether oxygens (including phenoxy) is 1. The SMILES string of the molecule is CCC(=O)N(C)c1ccc(-c2ccc(C(=O)CCc3ccc(N)nc3)c(OC)c2)cc1F. The molecule has 3 aromatic rings. The average Bonchev–Trinajstić information content (AvgIpc) is 2.82. The summed E-state index contributed by atoms with van der Waals surface area (Å²) in [7, 11) is 3.04. The van der Waals surface area contributed by atoms with E-state index in [4.69, 9.17) is 10.5 Å². The fourth-order valence-corrected chi connectivity index (χ4v) is 3.41. The molecule has 0 bridgehead atoms. The number of carbonyl (C=O) groups excluding carboxylic acids is 2. The van der Waals surface area contributed by atoms with E-state index < -0.39 is 5.82 Å². The number of ketones is 1. The summed E-state index contributed by atoms with van der Waals surface area (Å²) >= 11 is 0. The number of amides is 1. The summed E-state index contributed by atoms with van der Waals surface area (Å²) in [5, 5.41) is 0. The molecule has 0 unspecified atom stereocenters. The highest BCUT2D eigenvalue weighted by Gasteiger charge is 2.16. The van der Waals surface area contributed by atoms with Gasteiger partial charge in [-0.05, 0) is 53.4 Å². The van der Waals surface area contributed by atoms with Crippen LogP contribution >= 0.6 is 0 Å². The molecule has 1 heterocycles. The Hall–Kier alpha value is -3.74. The minimum atomic E-state index is -0.497. The maximum Gasteiger partial charge on any atom is 0.226 e. The highest BCUT2D eigenvalue weighted by Crippen LogP contribution is 2.31. The zero-order valence-electron chi connectivity index (χ0n) is 18.4. The van der Waals surface area contributed by atoms with Crippen LogP contribution in [0.5, 0.6) is 5.75 Å². The summed E-state index contributed by atoms with van der Waals surface area (Å²) in [6.45, 7) is 1.73. The number of anilines is 2. The van der Waals surface area contributed by atoms with Crippen molar-refractivity contribution in [3.05, 3.63) is 71.7 Å². The summed E-state index contributed by atoms with van der Waals surface area (Å²) in [4.78, 5) is 30.0. The molecule has 1 aromatic heterocycles. The highest BCUT2D eigenvalue weighted by atomic mass is 19.1. The topological polar surface area (TPSA) is 85.5 Å². The Kier molecular flexibility index (Phi) is 7.20. The predicted molar refractivity (Wildman–Crippen MR) is 123 cm³/mol. The van der Waals surface area contributed by atoms with Crippen molar-refractivity contribution < 1.29 is 18.7 Å². The number of aryl methyl sites for hydroxylation is 1. The van der Waals surface area contributed by atoms with Crippen LogP contribution in [0.4, 0.5) is 15.9 Å². The van der Waals surface area contributed by atoms with Crippen molar-refractivity contribution >= 4 is 23.2 Å². The van der Waals surface area contributed by atoms with Gasteiger partial charge in [0, 0.05) is 26.1 Å². The lowest BCUT2D eigenvalue weighted by molar-refractivity contribution is -0.118. The van der Waals surface area contributed by atoms with E-state index in [1.165, 1.54) is 18.1 Å². The summed E-state index contributed by atoms with van der Waals surface area (Å²) in [6, 6.07) is 13.4. The number of aromatic nitrogens is 1. The van der Waals surface area contributed by atoms with Crippen molar-refractivity contribution in [3.8, 4) is 16.9 Å². The molecule has 0 aliphatic carbocycles. The first-order valence-electron chi connectivity index (χ1n) is 10.3. The maximum atomic E-state index is 14.7. The molecule has 0 saturated heterocycles. The van der Waals surface area contributed by atoms with Crippen LogP contribution in [-0.4, -0.2) is 30.8 Å². The third kappa shape index (κ3) is 5.11. The molecule has 0 spiro atoms. The van der Waals surface area contributed by atoms with Crippen molar-refractivity contribution in [2.45, 2.75) is 26.2 Å². The number of rotatable bonds is 8. The van der Waals surface area contributed by atoms with E-state index >= 15 is 0 Å². The monoisotopic (exact) mass is 435 g/mol. The highest BCUT2D eigenvalue weighted by molar-refractivity contribution is 5.99. The van der Waals surface area contributed by atoms with Gasteiger partial charge in [0.15, 0.2) is 5.78 Å². The van der Waals surface area contributed by atoms with Crippen LogP contribution in [0.2, 0.25) is 0 Å². The Bertz CT molecular complexity index is 1130. The van der Waals surface area contributed by atoms with Crippen molar-refractivity contribution in [1.82, 2.24) is 4.98 Å².